The molecule has 1 fully saturated rings. The summed E-state index contributed by atoms with van der Waals surface area (Å²) in [6.07, 6.45) is 6.59. The molecule has 1 aliphatic heterocycles. The van der Waals surface area contributed by atoms with Crippen LogP contribution in [0, 0.1) is 6.92 Å². The fourth-order valence-electron chi connectivity index (χ4n) is 6.75. The Morgan fingerprint density at radius 3 is 2.31 bits per heavy atom. The van der Waals surface area contributed by atoms with Gasteiger partial charge in [0.05, 0.1) is 33.7 Å². The number of benzene rings is 3. The SMILES string of the molecule is Cc1ncsc1-c1ccc([C@@H](C)CC(=O)NCCCCCCNC(=O)c2ccc(C(=O)Nc3ccc4[nH]c(CN5CCC[C@@H]5C)nc4c3)cc2)cc1. The van der Waals surface area contributed by atoms with Gasteiger partial charge in [0.25, 0.3) is 11.8 Å². The molecule has 0 saturated carbocycles. The highest BCUT2D eigenvalue weighted by Gasteiger charge is 2.21. The van der Waals surface area contributed by atoms with Crippen LogP contribution < -0.4 is 16.0 Å². The molecular formula is C41H49N7O3S. The molecule has 0 unspecified atom stereocenters. The zero-order chi connectivity index (χ0) is 36.5. The van der Waals surface area contributed by atoms with Crippen molar-refractivity contribution in [3.8, 4) is 10.4 Å². The van der Waals surface area contributed by atoms with Crippen LogP contribution in [0.4, 0.5) is 5.69 Å². The molecule has 3 aromatic carbocycles. The Hall–Kier alpha value is -4.87. The molecule has 4 N–H and O–H groups in total. The van der Waals surface area contributed by atoms with Gasteiger partial charge in [0.2, 0.25) is 5.91 Å². The second-order valence-corrected chi connectivity index (χ2v) is 14.8. The predicted octanol–water partition coefficient (Wildman–Crippen LogP) is 7.83. The number of anilines is 1. The highest BCUT2D eigenvalue weighted by Crippen LogP contribution is 2.29. The van der Waals surface area contributed by atoms with E-state index in [9.17, 15) is 14.4 Å². The fourth-order valence-corrected chi connectivity index (χ4v) is 7.56. The third kappa shape index (κ3) is 9.71. The van der Waals surface area contributed by atoms with E-state index in [1.807, 2.05) is 30.6 Å². The molecule has 2 aromatic heterocycles. The van der Waals surface area contributed by atoms with Crippen molar-refractivity contribution in [1.82, 2.24) is 30.5 Å². The number of aryl methyl sites for hydroxylation is 1. The third-order valence-corrected chi connectivity index (χ3v) is 10.9. The molecule has 52 heavy (non-hydrogen) atoms. The molecule has 0 bridgehead atoms. The number of thiazole rings is 1. The molecule has 0 aliphatic carbocycles. The van der Waals surface area contributed by atoms with E-state index in [2.05, 4.69) is 68.9 Å². The van der Waals surface area contributed by atoms with Gasteiger partial charge in [0.1, 0.15) is 5.82 Å². The molecule has 3 amide bonds. The lowest BCUT2D eigenvalue weighted by atomic mass is 9.96. The van der Waals surface area contributed by atoms with E-state index in [1.54, 1.807) is 35.6 Å². The first kappa shape index (κ1) is 36.9. The number of likely N-dealkylation sites (tertiary alicyclic amines) is 1. The van der Waals surface area contributed by atoms with Gasteiger partial charge in [-0.3, -0.25) is 19.3 Å². The van der Waals surface area contributed by atoms with Crippen LogP contribution in [0.1, 0.15) is 103 Å². The Kier molecular flexibility index (Phi) is 12.5. The van der Waals surface area contributed by atoms with Crippen molar-refractivity contribution in [2.45, 2.75) is 84.2 Å². The summed E-state index contributed by atoms with van der Waals surface area (Å²) in [4.78, 5) is 54.2. The maximum atomic E-state index is 12.9. The van der Waals surface area contributed by atoms with Gasteiger partial charge in [-0.05, 0) is 106 Å². The highest BCUT2D eigenvalue weighted by molar-refractivity contribution is 7.13. The first-order valence-electron chi connectivity index (χ1n) is 18.4. The minimum Gasteiger partial charge on any atom is -0.356 e. The molecule has 1 aliphatic rings. The van der Waals surface area contributed by atoms with E-state index < -0.39 is 0 Å². The maximum Gasteiger partial charge on any atom is 0.255 e. The number of imidazole rings is 1. The topological polar surface area (TPSA) is 132 Å². The summed E-state index contributed by atoms with van der Waals surface area (Å²) in [5.41, 5.74) is 8.64. The third-order valence-electron chi connectivity index (χ3n) is 9.93. The fraction of sp³-hybridized carbons (Fsp3) is 0.390. The predicted molar refractivity (Wildman–Crippen MR) is 209 cm³/mol. The van der Waals surface area contributed by atoms with Gasteiger partial charge >= 0.3 is 0 Å². The molecule has 3 heterocycles. The van der Waals surface area contributed by atoms with Gasteiger partial charge in [-0.1, -0.05) is 44.0 Å². The summed E-state index contributed by atoms with van der Waals surface area (Å²) in [7, 11) is 0. The number of amides is 3. The number of carbonyl (C=O) groups excluding carboxylic acids is 3. The number of hydrogen-bond donors (Lipinski definition) is 4. The second-order valence-electron chi connectivity index (χ2n) is 13.9. The van der Waals surface area contributed by atoms with Gasteiger partial charge < -0.3 is 20.9 Å². The highest BCUT2D eigenvalue weighted by atomic mass is 32.1. The Morgan fingerprint density at radius 1 is 0.923 bits per heavy atom. The number of nitrogens with one attached hydrogen (secondary N) is 4. The minimum absolute atomic E-state index is 0.0672. The van der Waals surface area contributed by atoms with Crippen LogP contribution in [-0.4, -0.2) is 63.2 Å². The van der Waals surface area contributed by atoms with Gasteiger partial charge in [0, 0.05) is 42.4 Å². The second kappa shape index (κ2) is 17.6. The van der Waals surface area contributed by atoms with Crippen LogP contribution in [0.25, 0.3) is 21.5 Å². The van der Waals surface area contributed by atoms with Crippen molar-refractivity contribution in [1.29, 1.82) is 0 Å². The van der Waals surface area contributed by atoms with E-state index in [1.165, 1.54) is 17.7 Å². The summed E-state index contributed by atoms with van der Waals surface area (Å²) in [5.74, 6) is 0.734. The molecule has 0 spiro atoms. The molecule has 2 atom stereocenters. The number of nitrogens with zero attached hydrogens (tertiary/aromatic N) is 3. The molecule has 1 saturated heterocycles. The molecule has 0 radical (unpaired) electrons. The zero-order valence-electron chi connectivity index (χ0n) is 30.3. The Labute approximate surface area is 309 Å². The number of H-pyrrole nitrogens is 1. The molecule has 5 aromatic rings. The van der Waals surface area contributed by atoms with Crippen LogP contribution in [0.2, 0.25) is 0 Å². The Balaban J connectivity index is 0.841. The largest absolute Gasteiger partial charge is 0.356 e. The molecule has 10 nitrogen and oxygen atoms in total. The van der Waals surface area contributed by atoms with Gasteiger partial charge in [-0.15, -0.1) is 11.3 Å². The summed E-state index contributed by atoms with van der Waals surface area (Å²) in [6.45, 7) is 9.47. The number of aromatic nitrogens is 3. The molecule has 272 valence electrons. The lowest BCUT2D eigenvalue weighted by molar-refractivity contribution is -0.121. The van der Waals surface area contributed by atoms with Crippen LogP contribution >= 0.6 is 11.3 Å². The van der Waals surface area contributed by atoms with E-state index in [4.69, 9.17) is 4.98 Å². The van der Waals surface area contributed by atoms with Crippen molar-refractivity contribution < 1.29 is 14.4 Å². The zero-order valence-corrected chi connectivity index (χ0v) is 31.2. The average Bonchev–Trinajstić information content (AvgIpc) is 3.88. The monoisotopic (exact) mass is 719 g/mol. The van der Waals surface area contributed by atoms with Crippen molar-refractivity contribution in [3.05, 3.63) is 100 Å². The Morgan fingerprint density at radius 2 is 1.63 bits per heavy atom. The number of rotatable bonds is 16. The first-order chi connectivity index (χ1) is 25.2. The summed E-state index contributed by atoms with van der Waals surface area (Å²) >= 11 is 1.64. The van der Waals surface area contributed by atoms with Crippen LogP contribution in [0.3, 0.4) is 0 Å². The van der Waals surface area contributed by atoms with E-state index in [0.29, 0.717) is 42.4 Å². The molecule has 6 rings (SSSR count). The van der Waals surface area contributed by atoms with Crippen molar-refractivity contribution >= 4 is 45.8 Å². The summed E-state index contributed by atoms with van der Waals surface area (Å²) in [6, 6.07) is 21.4. The quantitative estimate of drug-likeness (QED) is 0.0769. The van der Waals surface area contributed by atoms with Crippen molar-refractivity contribution in [2.75, 3.05) is 25.0 Å². The minimum atomic E-state index is -0.244. The maximum absolute atomic E-state index is 12.9. The Bertz CT molecular complexity index is 1970. The number of hydrogen-bond acceptors (Lipinski definition) is 7. The first-order valence-corrected chi connectivity index (χ1v) is 19.3. The summed E-state index contributed by atoms with van der Waals surface area (Å²) < 4.78 is 0. The van der Waals surface area contributed by atoms with E-state index in [-0.39, 0.29) is 23.6 Å². The van der Waals surface area contributed by atoms with Crippen molar-refractivity contribution in [2.24, 2.45) is 0 Å². The normalized spacial score (nSPS) is 15.1. The standard InChI is InChI=1S/C41H49N7O3S/c1-27(30-10-12-31(13-11-30)39-29(3)44-26-52-39)23-38(49)42-20-6-4-5-7-21-43-40(50)32-14-16-33(17-15-32)41(51)45-34-18-19-35-36(24-34)47-37(46-35)25-48-22-8-9-28(48)2/h10-19,24,26-28H,4-9,20-23,25H2,1-3H3,(H,42,49)(H,43,50)(H,45,51)(H,46,47)/t27-,28-/m0/s1. The lowest BCUT2D eigenvalue weighted by Crippen LogP contribution is -2.26. The van der Waals surface area contributed by atoms with Gasteiger partial charge in [-0.25, -0.2) is 9.97 Å². The number of unbranched alkanes of at least 4 members (excludes halogenated alkanes) is 3. The molecular weight excluding hydrogens is 671 g/mol. The van der Waals surface area contributed by atoms with Gasteiger partial charge in [0.15, 0.2) is 0 Å². The van der Waals surface area contributed by atoms with E-state index in [0.717, 1.165) is 72.5 Å². The number of aromatic amines is 1. The van der Waals surface area contributed by atoms with Gasteiger partial charge in [-0.2, -0.15) is 0 Å². The number of fused-ring (bicyclic) bond motifs is 1. The molecule has 11 heteroatoms. The van der Waals surface area contributed by atoms with Crippen LogP contribution in [0.5, 0.6) is 0 Å². The van der Waals surface area contributed by atoms with Crippen LogP contribution in [0.15, 0.2) is 72.2 Å². The lowest BCUT2D eigenvalue weighted by Gasteiger charge is -2.19. The van der Waals surface area contributed by atoms with E-state index >= 15 is 0 Å². The average molecular weight is 720 g/mol. The summed E-state index contributed by atoms with van der Waals surface area (Å²) in [5, 5.41) is 8.97. The smallest absolute Gasteiger partial charge is 0.255 e. The van der Waals surface area contributed by atoms with Crippen LogP contribution in [-0.2, 0) is 11.3 Å². The van der Waals surface area contributed by atoms with Crippen molar-refractivity contribution in [3.63, 3.8) is 0 Å². The number of carbonyl (C=O) groups is 3.